The Morgan fingerprint density at radius 2 is 2.31 bits per heavy atom. The van der Waals surface area contributed by atoms with E-state index in [0.29, 0.717) is 6.54 Å². The minimum Gasteiger partial charge on any atom is -0.280 e. The molecule has 0 bridgehead atoms. The van der Waals surface area contributed by atoms with Crippen LogP contribution in [-0.4, -0.2) is 11.5 Å². The summed E-state index contributed by atoms with van der Waals surface area (Å²) in [5.74, 6) is 0. The van der Waals surface area contributed by atoms with E-state index >= 15 is 0 Å². The molecule has 1 aromatic carbocycles. The van der Waals surface area contributed by atoms with Crippen LogP contribution in [0.1, 0.15) is 6.92 Å². The molecule has 0 aromatic heterocycles. The van der Waals surface area contributed by atoms with E-state index < -0.39 is 0 Å². The fourth-order valence-electron chi connectivity index (χ4n) is 1.41. The van der Waals surface area contributed by atoms with Crippen LogP contribution in [0.2, 0.25) is 0 Å². The number of fused-ring (bicyclic) bond motifs is 1. The summed E-state index contributed by atoms with van der Waals surface area (Å²) in [5.41, 5.74) is 1.23. The third-order valence-corrected chi connectivity index (χ3v) is 2.14. The molecule has 4 nitrogen and oxygen atoms in total. The maximum Gasteiger partial charge on any atom is 0.270 e. The van der Waals surface area contributed by atoms with Crippen molar-refractivity contribution in [1.82, 2.24) is 0 Å². The van der Waals surface area contributed by atoms with E-state index in [4.69, 9.17) is 0 Å². The zero-order valence-electron chi connectivity index (χ0n) is 7.15. The smallest absolute Gasteiger partial charge is 0.270 e. The molecule has 2 rings (SSSR count). The van der Waals surface area contributed by atoms with Crippen molar-refractivity contribution < 1.29 is 4.92 Å². The molecule has 0 fully saturated rings. The lowest BCUT2D eigenvalue weighted by atomic mass is 10.2. The Morgan fingerprint density at radius 1 is 1.54 bits per heavy atom. The average molecular weight is 176 g/mol. The van der Waals surface area contributed by atoms with E-state index in [9.17, 15) is 10.1 Å². The lowest BCUT2D eigenvalue weighted by Crippen LogP contribution is -2.22. The van der Waals surface area contributed by atoms with Gasteiger partial charge in [-0.1, -0.05) is 0 Å². The normalized spacial score (nSPS) is 13.8. The number of nitrogens with zero attached hydrogens (tertiary/aromatic N) is 2. The lowest BCUT2D eigenvalue weighted by molar-refractivity contribution is -0.385. The fourth-order valence-corrected chi connectivity index (χ4v) is 1.41. The summed E-state index contributed by atoms with van der Waals surface area (Å²) >= 11 is 0. The van der Waals surface area contributed by atoms with Gasteiger partial charge in [0, 0.05) is 17.4 Å². The highest BCUT2D eigenvalue weighted by Gasteiger charge is 2.08. The standard InChI is InChI=1S/C9H8N2O2/c1-6-5-10-9-3-2-7(11(12)13)4-8(6)9/h2-4H,5H2,1H3. The highest BCUT2D eigenvalue weighted by molar-refractivity contribution is 5.49. The number of rotatable bonds is 1. The quantitative estimate of drug-likeness (QED) is 0.459. The first-order valence-electron chi connectivity index (χ1n) is 3.97. The van der Waals surface area contributed by atoms with E-state index in [1.807, 2.05) is 6.92 Å². The van der Waals surface area contributed by atoms with Crippen molar-refractivity contribution in [2.24, 2.45) is 4.99 Å². The molecule has 1 aliphatic rings. The topological polar surface area (TPSA) is 55.5 Å². The molecule has 0 atom stereocenters. The predicted molar refractivity (Wildman–Crippen MR) is 47.8 cm³/mol. The molecular weight excluding hydrogens is 168 g/mol. The Balaban J connectivity index is 2.76. The van der Waals surface area contributed by atoms with Gasteiger partial charge in [-0.3, -0.25) is 15.1 Å². The maximum atomic E-state index is 10.5. The second-order valence-corrected chi connectivity index (χ2v) is 3.06. The Hall–Kier alpha value is -1.71. The number of nitro groups is 1. The molecule has 0 N–H and O–H groups in total. The molecule has 4 heteroatoms. The van der Waals surface area contributed by atoms with Crippen LogP contribution in [0.5, 0.6) is 0 Å². The predicted octanol–water partition coefficient (Wildman–Crippen LogP) is 0.399. The average Bonchev–Trinajstić information content (AvgIpc) is 2.47. The highest BCUT2D eigenvalue weighted by atomic mass is 16.6. The van der Waals surface area contributed by atoms with Gasteiger partial charge in [0.15, 0.2) is 0 Å². The third-order valence-electron chi connectivity index (χ3n) is 2.14. The number of non-ortho nitro benzene ring substituents is 1. The highest BCUT2D eigenvalue weighted by Crippen LogP contribution is 2.05. The van der Waals surface area contributed by atoms with E-state index in [1.165, 1.54) is 6.07 Å². The summed E-state index contributed by atoms with van der Waals surface area (Å²) in [5, 5.41) is 12.2. The third kappa shape index (κ3) is 1.20. The second kappa shape index (κ2) is 2.65. The number of nitro benzene ring substituents is 1. The van der Waals surface area contributed by atoms with Crippen LogP contribution in [0.4, 0.5) is 5.69 Å². The minimum atomic E-state index is -0.383. The van der Waals surface area contributed by atoms with Gasteiger partial charge in [0.2, 0.25) is 0 Å². The molecule has 1 aromatic rings. The van der Waals surface area contributed by atoms with Gasteiger partial charge in [-0.2, -0.15) is 0 Å². The molecule has 1 heterocycles. The van der Waals surface area contributed by atoms with Gasteiger partial charge in [-0.05, 0) is 18.6 Å². The molecule has 66 valence electrons. The van der Waals surface area contributed by atoms with Crippen molar-refractivity contribution in [3.05, 3.63) is 38.9 Å². The van der Waals surface area contributed by atoms with E-state index in [1.54, 1.807) is 12.1 Å². The molecule has 0 radical (unpaired) electrons. The molecule has 0 aliphatic carbocycles. The summed E-state index contributed by atoms with van der Waals surface area (Å²) < 4.78 is 0. The first-order chi connectivity index (χ1) is 6.18. The van der Waals surface area contributed by atoms with Crippen LogP contribution in [0.25, 0.3) is 5.57 Å². The summed E-state index contributed by atoms with van der Waals surface area (Å²) in [6.45, 7) is 2.61. The lowest BCUT2D eigenvalue weighted by Gasteiger charge is -1.89. The Bertz CT molecular complexity index is 491. The summed E-state index contributed by atoms with van der Waals surface area (Å²) in [4.78, 5) is 14.3. The molecule has 1 aliphatic heterocycles. The molecule has 0 saturated carbocycles. The molecule has 0 unspecified atom stereocenters. The molecular formula is C9H8N2O2. The van der Waals surface area contributed by atoms with Crippen LogP contribution < -0.4 is 10.6 Å². The van der Waals surface area contributed by atoms with Crippen molar-refractivity contribution >= 4 is 11.3 Å². The van der Waals surface area contributed by atoms with Gasteiger partial charge in [-0.15, -0.1) is 0 Å². The monoisotopic (exact) mass is 176 g/mol. The summed E-state index contributed by atoms with van der Waals surface area (Å²) in [6, 6.07) is 4.77. The number of hydrogen-bond acceptors (Lipinski definition) is 3. The first-order valence-corrected chi connectivity index (χ1v) is 3.97. The Labute approximate surface area is 74.4 Å². The van der Waals surface area contributed by atoms with Crippen molar-refractivity contribution in [3.63, 3.8) is 0 Å². The SMILES string of the molecule is CC1=c2cc([N+](=O)[O-])ccc2=NC1. The zero-order chi connectivity index (χ0) is 9.42. The van der Waals surface area contributed by atoms with Crippen molar-refractivity contribution in [2.75, 3.05) is 6.54 Å². The van der Waals surface area contributed by atoms with Gasteiger partial charge >= 0.3 is 0 Å². The van der Waals surface area contributed by atoms with Gasteiger partial charge in [0.25, 0.3) is 5.69 Å². The van der Waals surface area contributed by atoms with Gasteiger partial charge in [0.05, 0.1) is 16.8 Å². The fraction of sp³-hybridized carbons (Fsp3) is 0.222. The van der Waals surface area contributed by atoms with Crippen LogP contribution in [-0.2, 0) is 0 Å². The first kappa shape index (κ1) is 7.91. The second-order valence-electron chi connectivity index (χ2n) is 3.06. The van der Waals surface area contributed by atoms with Gasteiger partial charge < -0.3 is 0 Å². The maximum absolute atomic E-state index is 10.5. The van der Waals surface area contributed by atoms with Crippen LogP contribution in [0, 0.1) is 10.1 Å². The Kier molecular flexibility index (Phi) is 1.62. The van der Waals surface area contributed by atoms with Gasteiger partial charge in [0.1, 0.15) is 0 Å². The van der Waals surface area contributed by atoms with Crippen molar-refractivity contribution in [1.29, 1.82) is 0 Å². The Morgan fingerprint density at radius 3 is 3.00 bits per heavy atom. The minimum absolute atomic E-state index is 0.134. The van der Waals surface area contributed by atoms with Crippen LogP contribution >= 0.6 is 0 Å². The van der Waals surface area contributed by atoms with E-state index in [-0.39, 0.29) is 10.6 Å². The summed E-state index contributed by atoms with van der Waals surface area (Å²) in [6.07, 6.45) is 0. The van der Waals surface area contributed by atoms with Crippen molar-refractivity contribution in [2.45, 2.75) is 6.92 Å². The van der Waals surface area contributed by atoms with Crippen molar-refractivity contribution in [3.8, 4) is 0 Å². The molecule has 13 heavy (non-hydrogen) atoms. The van der Waals surface area contributed by atoms with Crippen LogP contribution in [0.15, 0.2) is 23.2 Å². The number of hydrogen-bond donors (Lipinski definition) is 0. The summed E-state index contributed by atoms with van der Waals surface area (Å²) in [7, 11) is 0. The largest absolute Gasteiger partial charge is 0.280 e. The molecule has 0 amide bonds. The van der Waals surface area contributed by atoms with Gasteiger partial charge in [-0.25, -0.2) is 0 Å². The van der Waals surface area contributed by atoms with E-state index in [2.05, 4.69) is 4.99 Å². The molecule has 0 spiro atoms. The molecule has 0 saturated heterocycles. The number of benzene rings is 1. The van der Waals surface area contributed by atoms with E-state index in [0.717, 1.165) is 16.1 Å². The zero-order valence-corrected chi connectivity index (χ0v) is 7.15. The van der Waals surface area contributed by atoms with Crippen LogP contribution in [0.3, 0.4) is 0 Å².